The molecule has 4 heteroatoms. The van der Waals surface area contributed by atoms with E-state index in [9.17, 15) is 4.79 Å². The van der Waals surface area contributed by atoms with E-state index in [1.54, 1.807) is 12.3 Å². The Morgan fingerprint density at radius 2 is 1.48 bits per heavy atom. The number of fused-ring (bicyclic) bond motifs is 1. The van der Waals surface area contributed by atoms with E-state index in [1.165, 1.54) is 5.56 Å². The molecule has 0 unspecified atom stereocenters. The van der Waals surface area contributed by atoms with Crippen molar-refractivity contribution < 1.29 is 0 Å². The molecule has 0 bridgehead atoms. The van der Waals surface area contributed by atoms with Crippen LogP contribution in [0.4, 0.5) is 11.5 Å². The van der Waals surface area contributed by atoms with Gasteiger partial charge in [-0.15, -0.1) is 0 Å². The third-order valence-corrected chi connectivity index (χ3v) is 5.31. The summed E-state index contributed by atoms with van der Waals surface area (Å²) in [6, 6.07) is 31.8. The van der Waals surface area contributed by atoms with Crippen LogP contribution in [0.15, 0.2) is 108 Å². The van der Waals surface area contributed by atoms with E-state index < -0.39 is 0 Å². The van der Waals surface area contributed by atoms with Gasteiger partial charge in [0, 0.05) is 29.2 Å². The zero-order valence-electron chi connectivity index (χ0n) is 17.1. The number of benzene rings is 3. The van der Waals surface area contributed by atoms with Crippen molar-refractivity contribution in [3.05, 3.63) is 119 Å². The van der Waals surface area contributed by atoms with Crippen LogP contribution in [0.1, 0.15) is 5.56 Å². The number of anilines is 2. The number of rotatable bonds is 4. The number of aromatic nitrogens is 2. The Hall–Kier alpha value is -4.18. The first-order valence-corrected chi connectivity index (χ1v) is 10.2. The van der Waals surface area contributed by atoms with Crippen LogP contribution in [-0.2, 0) is 0 Å². The van der Waals surface area contributed by atoms with Crippen molar-refractivity contribution in [3.63, 3.8) is 0 Å². The van der Waals surface area contributed by atoms with Gasteiger partial charge in [-0.1, -0.05) is 66.2 Å². The van der Waals surface area contributed by atoms with Crippen molar-refractivity contribution in [2.75, 3.05) is 5.32 Å². The number of hydrogen-bond donors (Lipinski definition) is 1. The van der Waals surface area contributed by atoms with Crippen molar-refractivity contribution in [2.45, 2.75) is 6.92 Å². The van der Waals surface area contributed by atoms with Gasteiger partial charge in [-0.3, -0.25) is 14.3 Å². The van der Waals surface area contributed by atoms with Crippen LogP contribution < -0.4 is 10.7 Å². The number of aryl methyl sites for hydroxylation is 1. The summed E-state index contributed by atoms with van der Waals surface area (Å²) in [5.74, 6) is 0.705. The van der Waals surface area contributed by atoms with Gasteiger partial charge in [0.15, 0.2) is 5.43 Å². The Labute approximate surface area is 180 Å². The van der Waals surface area contributed by atoms with E-state index in [0.717, 1.165) is 28.1 Å². The third kappa shape index (κ3) is 3.71. The predicted molar refractivity (Wildman–Crippen MR) is 127 cm³/mol. The fourth-order valence-corrected chi connectivity index (χ4v) is 3.71. The van der Waals surface area contributed by atoms with E-state index in [1.807, 2.05) is 66.7 Å². The molecule has 4 nitrogen and oxygen atoms in total. The molecule has 2 heterocycles. The first kappa shape index (κ1) is 18.8. The van der Waals surface area contributed by atoms with Gasteiger partial charge in [0.05, 0.1) is 16.6 Å². The smallest absolute Gasteiger partial charge is 0.193 e. The molecule has 1 N–H and O–H groups in total. The lowest BCUT2D eigenvalue weighted by molar-refractivity contribution is 1.10. The molecular formula is C27H21N3O. The Morgan fingerprint density at radius 1 is 0.806 bits per heavy atom. The Balaban J connectivity index is 1.78. The zero-order chi connectivity index (χ0) is 21.2. The van der Waals surface area contributed by atoms with Gasteiger partial charge in [0.2, 0.25) is 0 Å². The van der Waals surface area contributed by atoms with Crippen LogP contribution in [0.3, 0.4) is 0 Å². The second-order valence-electron chi connectivity index (χ2n) is 7.51. The Kier molecular flexibility index (Phi) is 4.81. The highest BCUT2D eigenvalue weighted by atomic mass is 16.1. The number of nitrogens with zero attached hydrogens (tertiary/aromatic N) is 2. The average molecular weight is 403 g/mol. The van der Waals surface area contributed by atoms with Crippen molar-refractivity contribution in [3.8, 4) is 16.9 Å². The highest BCUT2D eigenvalue weighted by Gasteiger charge is 2.13. The largest absolute Gasteiger partial charge is 0.341 e. The van der Waals surface area contributed by atoms with E-state index in [-0.39, 0.29) is 5.43 Å². The monoisotopic (exact) mass is 403 g/mol. The molecule has 0 saturated heterocycles. The minimum absolute atomic E-state index is 0.0661. The Morgan fingerprint density at radius 3 is 2.19 bits per heavy atom. The van der Waals surface area contributed by atoms with Crippen LogP contribution in [-0.4, -0.2) is 9.55 Å². The van der Waals surface area contributed by atoms with Crippen LogP contribution in [0.25, 0.3) is 27.8 Å². The molecule has 150 valence electrons. The summed E-state index contributed by atoms with van der Waals surface area (Å²) in [7, 11) is 0. The minimum atomic E-state index is -0.0661. The summed E-state index contributed by atoms with van der Waals surface area (Å²) >= 11 is 0. The average Bonchev–Trinajstić information content (AvgIpc) is 2.81. The first-order chi connectivity index (χ1) is 15.2. The summed E-state index contributed by atoms with van der Waals surface area (Å²) in [5.41, 5.74) is 5.66. The molecule has 0 aliphatic carbocycles. The lowest BCUT2D eigenvalue weighted by Crippen LogP contribution is -2.13. The van der Waals surface area contributed by atoms with E-state index >= 15 is 0 Å². The maximum Gasteiger partial charge on any atom is 0.193 e. The number of hydrogen-bond acceptors (Lipinski definition) is 3. The molecule has 0 radical (unpaired) electrons. The van der Waals surface area contributed by atoms with Crippen LogP contribution >= 0.6 is 0 Å². The number of para-hydroxylation sites is 2. The van der Waals surface area contributed by atoms with Gasteiger partial charge in [-0.25, -0.2) is 0 Å². The fraction of sp³-hybridized carbons (Fsp3) is 0.0370. The molecule has 5 rings (SSSR count). The molecule has 31 heavy (non-hydrogen) atoms. The van der Waals surface area contributed by atoms with Crippen LogP contribution in [0.5, 0.6) is 0 Å². The third-order valence-electron chi connectivity index (χ3n) is 5.31. The summed E-state index contributed by atoms with van der Waals surface area (Å²) in [6.45, 7) is 2.06. The number of nitrogens with one attached hydrogen (secondary N) is 1. The zero-order valence-corrected chi connectivity index (χ0v) is 17.1. The van der Waals surface area contributed by atoms with Crippen molar-refractivity contribution in [2.24, 2.45) is 0 Å². The van der Waals surface area contributed by atoms with E-state index in [0.29, 0.717) is 11.2 Å². The second-order valence-corrected chi connectivity index (χ2v) is 7.51. The lowest BCUT2D eigenvalue weighted by atomic mass is 10.1. The standard InChI is InChI=1S/C27H21N3O/c1-19-12-14-20(15-13-19)24-16-25-23(18-28-24)26(31)17-27(29-21-8-4-2-5-9-21)30(25)22-10-6-3-7-11-22/h2-18,29H,1H3. The quantitative estimate of drug-likeness (QED) is 0.394. The van der Waals surface area contributed by atoms with Crippen molar-refractivity contribution in [1.29, 1.82) is 0 Å². The molecule has 0 spiro atoms. The summed E-state index contributed by atoms with van der Waals surface area (Å²) < 4.78 is 2.07. The van der Waals surface area contributed by atoms with E-state index in [4.69, 9.17) is 0 Å². The fourth-order valence-electron chi connectivity index (χ4n) is 3.71. The van der Waals surface area contributed by atoms with Gasteiger partial charge in [-0.2, -0.15) is 0 Å². The molecule has 0 saturated carbocycles. The molecule has 3 aromatic carbocycles. The molecule has 0 aliphatic heterocycles. The lowest BCUT2D eigenvalue weighted by Gasteiger charge is -2.19. The summed E-state index contributed by atoms with van der Waals surface area (Å²) in [4.78, 5) is 17.6. The molecule has 2 aromatic heterocycles. The predicted octanol–water partition coefficient (Wildman–Crippen LogP) is 6.10. The maximum atomic E-state index is 13.0. The van der Waals surface area contributed by atoms with Crippen molar-refractivity contribution in [1.82, 2.24) is 9.55 Å². The summed E-state index contributed by atoms with van der Waals surface area (Å²) in [6.07, 6.45) is 1.68. The molecule has 0 atom stereocenters. The van der Waals surface area contributed by atoms with Gasteiger partial charge < -0.3 is 5.32 Å². The van der Waals surface area contributed by atoms with Crippen LogP contribution in [0, 0.1) is 6.92 Å². The minimum Gasteiger partial charge on any atom is -0.341 e. The SMILES string of the molecule is Cc1ccc(-c2cc3c(cn2)c(=O)cc(Nc2ccccc2)n3-c2ccccc2)cc1. The topological polar surface area (TPSA) is 46.9 Å². The highest BCUT2D eigenvalue weighted by Crippen LogP contribution is 2.27. The first-order valence-electron chi connectivity index (χ1n) is 10.2. The van der Waals surface area contributed by atoms with Crippen molar-refractivity contribution >= 4 is 22.4 Å². The maximum absolute atomic E-state index is 13.0. The molecular weight excluding hydrogens is 382 g/mol. The molecule has 0 fully saturated rings. The highest BCUT2D eigenvalue weighted by molar-refractivity contribution is 5.86. The van der Waals surface area contributed by atoms with Gasteiger partial charge in [0.25, 0.3) is 0 Å². The summed E-state index contributed by atoms with van der Waals surface area (Å²) in [5, 5.41) is 4.00. The second kappa shape index (κ2) is 7.92. The molecule has 5 aromatic rings. The normalized spacial score (nSPS) is 10.9. The molecule has 0 aliphatic rings. The van der Waals surface area contributed by atoms with Gasteiger partial charge in [0.1, 0.15) is 5.82 Å². The van der Waals surface area contributed by atoms with Gasteiger partial charge >= 0.3 is 0 Å². The Bertz CT molecular complexity index is 1410. The van der Waals surface area contributed by atoms with Crippen LogP contribution in [0.2, 0.25) is 0 Å². The number of pyridine rings is 2. The van der Waals surface area contributed by atoms with Gasteiger partial charge in [-0.05, 0) is 37.3 Å². The molecule has 0 amide bonds. The van der Waals surface area contributed by atoms with E-state index in [2.05, 4.69) is 46.1 Å².